The zero-order valence-corrected chi connectivity index (χ0v) is 10.4. The fourth-order valence-electron chi connectivity index (χ4n) is 2.23. The summed E-state index contributed by atoms with van der Waals surface area (Å²) >= 11 is 0. The number of ether oxygens (including phenoxy) is 1. The second kappa shape index (κ2) is 8.12. The van der Waals surface area contributed by atoms with Crippen molar-refractivity contribution in [1.29, 1.82) is 0 Å². The first-order valence-corrected chi connectivity index (χ1v) is 6.60. The Labute approximate surface area is 94.8 Å². The number of hydrogen-bond donors (Lipinski definition) is 1. The van der Waals surface area contributed by atoms with Crippen molar-refractivity contribution >= 4 is 0 Å². The lowest BCUT2D eigenvalue weighted by molar-refractivity contribution is 0.191. The molecule has 1 atom stereocenters. The van der Waals surface area contributed by atoms with Crippen molar-refractivity contribution in [2.75, 3.05) is 20.3 Å². The van der Waals surface area contributed by atoms with Gasteiger partial charge in [-0.2, -0.15) is 0 Å². The first kappa shape index (κ1) is 13.0. The van der Waals surface area contributed by atoms with Crippen LogP contribution in [0.25, 0.3) is 0 Å². The van der Waals surface area contributed by atoms with Gasteiger partial charge in [-0.15, -0.1) is 0 Å². The summed E-state index contributed by atoms with van der Waals surface area (Å²) in [7, 11) is 1.79. The van der Waals surface area contributed by atoms with Gasteiger partial charge in [-0.25, -0.2) is 0 Å². The van der Waals surface area contributed by atoms with Crippen molar-refractivity contribution in [3.05, 3.63) is 0 Å². The van der Waals surface area contributed by atoms with E-state index in [9.17, 15) is 0 Å². The first-order chi connectivity index (χ1) is 7.38. The second-order valence-electron chi connectivity index (χ2n) is 4.70. The number of unbranched alkanes of at least 4 members (excludes halogenated alkanes) is 3. The molecule has 0 aromatic rings. The maximum Gasteiger partial charge on any atom is 0.0462 e. The molecule has 1 saturated carbocycles. The molecule has 0 aromatic carbocycles. The van der Waals surface area contributed by atoms with Crippen molar-refractivity contribution in [3.8, 4) is 0 Å². The Kier molecular flexibility index (Phi) is 7.03. The topological polar surface area (TPSA) is 21.3 Å². The van der Waals surface area contributed by atoms with Crippen LogP contribution in [-0.4, -0.2) is 26.3 Å². The maximum atomic E-state index is 5.04. The predicted octanol–water partition coefficient (Wildman–Crippen LogP) is 2.97. The molecule has 0 aromatic heterocycles. The molecular weight excluding hydrogens is 186 g/mol. The predicted molar refractivity (Wildman–Crippen MR) is 65.1 cm³/mol. The van der Waals surface area contributed by atoms with Gasteiger partial charge in [-0.1, -0.05) is 26.2 Å². The molecule has 0 saturated heterocycles. The van der Waals surface area contributed by atoms with Gasteiger partial charge in [0.15, 0.2) is 0 Å². The third-order valence-electron chi connectivity index (χ3n) is 3.27. The van der Waals surface area contributed by atoms with Crippen LogP contribution < -0.4 is 5.32 Å². The average Bonchev–Trinajstić information content (AvgIpc) is 3.05. The molecule has 1 N–H and O–H groups in total. The summed E-state index contributed by atoms with van der Waals surface area (Å²) in [5, 5.41) is 3.62. The van der Waals surface area contributed by atoms with Crippen LogP contribution in [0.5, 0.6) is 0 Å². The summed E-state index contributed by atoms with van der Waals surface area (Å²) in [5.41, 5.74) is 0. The van der Waals surface area contributed by atoms with Crippen LogP contribution in [-0.2, 0) is 4.74 Å². The fourth-order valence-corrected chi connectivity index (χ4v) is 2.23. The lowest BCUT2D eigenvalue weighted by atomic mass is 10.0. The molecular formula is C13H27NO. The monoisotopic (exact) mass is 213 g/mol. The Morgan fingerprint density at radius 1 is 1.20 bits per heavy atom. The Morgan fingerprint density at radius 3 is 2.53 bits per heavy atom. The van der Waals surface area contributed by atoms with E-state index < -0.39 is 0 Å². The number of methoxy groups -OCH3 is 1. The molecule has 1 fully saturated rings. The van der Waals surface area contributed by atoms with E-state index in [0.29, 0.717) is 0 Å². The van der Waals surface area contributed by atoms with Gasteiger partial charge >= 0.3 is 0 Å². The van der Waals surface area contributed by atoms with Crippen LogP contribution in [0, 0.1) is 5.92 Å². The lowest BCUT2D eigenvalue weighted by Crippen LogP contribution is -2.30. The van der Waals surface area contributed by atoms with Crippen molar-refractivity contribution < 1.29 is 4.74 Å². The number of hydrogen-bond acceptors (Lipinski definition) is 2. The Bertz CT molecular complexity index is 145. The molecule has 0 radical (unpaired) electrons. The van der Waals surface area contributed by atoms with E-state index in [-0.39, 0.29) is 0 Å². The van der Waals surface area contributed by atoms with E-state index in [0.717, 1.165) is 25.1 Å². The van der Waals surface area contributed by atoms with Crippen molar-refractivity contribution in [2.45, 2.75) is 57.9 Å². The lowest BCUT2D eigenvalue weighted by Gasteiger charge is -2.16. The largest absolute Gasteiger partial charge is 0.385 e. The Balaban J connectivity index is 1.92. The van der Waals surface area contributed by atoms with E-state index in [1.54, 1.807) is 7.11 Å². The smallest absolute Gasteiger partial charge is 0.0462 e. The van der Waals surface area contributed by atoms with Gasteiger partial charge in [-0.3, -0.25) is 0 Å². The van der Waals surface area contributed by atoms with Crippen LogP contribution >= 0.6 is 0 Å². The van der Waals surface area contributed by atoms with Gasteiger partial charge in [0.1, 0.15) is 0 Å². The van der Waals surface area contributed by atoms with E-state index >= 15 is 0 Å². The molecule has 1 rings (SSSR count). The molecule has 0 heterocycles. The van der Waals surface area contributed by atoms with Crippen molar-refractivity contribution in [1.82, 2.24) is 5.32 Å². The zero-order chi connectivity index (χ0) is 10.9. The van der Waals surface area contributed by atoms with Crippen LogP contribution in [0.3, 0.4) is 0 Å². The molecule has 1 aliphatic rings. The van der Waals surface area contributed by atoms with E-state index in [2.05, 4.69) is 12.2 Å². The van der Waals surface area contributed by atoms with Crippen LogP contribution in [0.15, 0.2) is 0 Å². The van der Waals surface area contributed by atoms with Gasteiger partial charge in [-0.05, 0) is 38.1 Å². The molecule has 2 nitrogen and oxygen atoms in total. The summed E-state index contributed by atoms with van der Waals surface area (Å²) in [6.07, 6.45) is 9.62. The third kappa shape index (κ3) is 6.16. The van der Waals surface area contributed by atoms with Gasteiger partial charge in [0, 0.05) is 19.8 Å². The summed E-state index contributed by atoms with van der Waals surface area (Å²) < 4.78 is 5.04. The molecule has 0 bridgehead atoms. The van der Waals surface area contributed by atoms with Gasteiger partial charge in [0.05, 0.1) is 0 Å². The first-order valence-electron chi connectivity index (χ1n) is 6.60. The molecule has 1 aliphatic carbocycles. The van der Waals surface area contributed by atoms with Crippen LogP contribution in [0.1, 0.15) is 51.9 Å². The van der Waals surface area contributed by atoms with Crippen molar-refractivity contribution in [2.24, 2.45) is 5.92 Å². The molecule has 0 aliphatic heterocycles. The van der Waals surface area contributed by atoms with Gasteiger partial charge < -0.3 is 10.1 Å². The van der Waals surface area contributed by atoms with Crippen molar-refractivity contribution in [3.63, 3.8) is 0 Å². The molecule has 15 heavy (non-hydrogen) atoms. The highest BCUT2D eigenvalue weighted by Gasteiger charge is 2.29. The summed E-state index contributed by atoms with van der Waals surface area (Å²) in [4.78, 5) is 0. The van der Waals surface area contributed by atoms with Gasteiger partial charge in [0.2, 0.25) is 0 Å². The second-order valence-corrected chi connectivity index (χ2v) is 4.70. The highest BCUT2D eigenvalue weighted by atomic mass is 16.5. The number of nitrogens with one attached hydrogen (secondary N) is 1. The summed E-state index contributed by atoms with van der Waals surface area (Å²) in [6.45, 7) is 4.28. The minimum absolute atomic E-state index is 0.817. The standard InChI is InChI=1S/C13H27NO/c1-3-14-13(12-9-10-12)8-6-4-5-7-11-15-2/h12-14H,3-11H2,1-2H3. The van der Waals surface area contributed by atoms with Gasteiger partial charge in [0.25, 0.3) is 0 Å². The zero-order valence-electron chi connectivity index (χ0n) is 10.4. The maximum absolute atomic E-state index is 5.04. The van der Waals surface area contributed by atoms with E-state index in [1.807, 2.05) is 0 Å². The highest BCUT2D eigenvalue weighted by molar-refractivity contribution is 4.85. The highest BCUT2D eigenvalue weighted by Crippen LogP contribution is 2.34. The van der Waals surface area contributed by atoms with E-state index in [1.165, 1.54) is 44.9 Å². The Morgan fingerprint density at radius 2 is 1.93 bits per heavy atom. The summed E-state index contributed by atoms with van der Waals surface area (Å²) in [6, 6.07) is 0.817. The molecule has 2 heteroatoms. The normalized spacial score (nSPS) is 18.0. The quantitative estimate of drug-likeness (QED) is 0.563. The molecule has 0 amide bonds. The molecule has 1 unspecified atom stereocenters. The average molecular weight is 213 g/mol. The van der Waals surface area contributed by atoms with E-state index in [4.69, 9.17) is 4.74 Å². The molecule has 0 spiro atoms. The summed E-state index contributed by atoms with van der Waals surface area (Å²) in [5.74, 6) is 1.00. The number of rotatable bonds is 10. The SMILES string of the molecule is CCNC(CCCCCCOC)C1CC1. The van der Waals surface area contributed by atoms with Crippen LogP contribution in [0.4, 0.5) is 0 Å². The Hall–Kier alpha value is -0.0800. The van der Waals surface area contributed by atoms with Crippen LogP contribution in [0.2, 0.25) is 0 Å². The fraction of sp³-hybridized carbons (Fsp3) is 1.00. The minimum atomic E-state index is 0.817. The molecule has 90 valence electrons. The minimum Gasteiger partial charge on any atom is -0.385 e. The third-order valence-corrected chi connectivity index (χ3v) is 3.27.